The number of H-pyrrole nitrogens is 1. The van der Waals surface area contributed by atoms with E-state index in [1.165, 1.54) is 37.8 Å². The van der Waals surface area contributed by atoms with Gasteiger partial charge in [-0.05, 0) is 18.2 Å². The maximum absolute atomic E-state index is 13.1. The molecule has 16 heavy (non-hydrogen) atoms. The smallest absolute Gasteiger partial charge is 0.258 e. The topological polar surface area (TPSA) is 55.0 Å². The minimum Gasteiger partial charge on any atom is -0.496 e. The summed E-state index contributed by atoms with van der Waals surface area (Å²) >= 11 is 0. The quantitative estimate of drug-likeness (QED) is 0.836. The van der Waals surface area contributed by atoms with E-state index in [0.29, 0.717) is 11.3 Å². The van der Waals surface area contributed by atoms with Gasteiger partial charge in [-0.3, -0.25) is 4.79 Å². The van der Waals surface area contributed by atoms with E-state index in [4.69, 9.17) is 4.74 Å². The highest BCUT2D eigenvalue weighted by molar-refractivity contribution is 5.68. The lowest BCUT2D eigenvalue weighted by Crippen LogP contribution is -2.09. The van der Waals surface area contributed by atoms with E-state index in [9.17, 15) is 9.18 Å². The van der Waals surface area contributed by atoms with Crippen LogP contribution in [-0.4, -0.2) is 17.1 Å². The van der Waals surface area contributed by atoms with Crippen molar-refractivity contribution in [3.63, 3.8) is 0 Å². The molecule has 0 amide bonds. The minimum atomic E-state index is -0.431. The van der Waals surface area contributed by atoms with Crippen LogP contribution in [0.1, 0.15) is 0 Å². The second kappa shape index (κ2) is 4.14. The van der Waals surface area contributed by atoms with Crippen molar-refractivity contribution in [2.75, 3.05) is 7.11 Å². The zero-order valence-electron chi connectivity index (χ0n) is 8.53. The predicted octanol–water partition coefficient (Wildman–Crippen LogP) is 1.58. The molecular formula is C11H9FN2O2. The molecule has 2 rings (SSSR count). The third-order valence-corrected chi connectivity index (χ3v) is 2.17. The van der Waals surface area contributed by atoms with Gasteiger partial charge >= 0.3 is 0 Å². The number of benzene rings is 1. The monoisotopic (exact) mass is 220 g/mol. The number of nitrogens with one attached hydrogen (secondary N) is 1. The molecule has 1 aromatic carbocycles. The molecule has 4 nitrogen and oxygen atoms in total. The summed E-state index contributed by atoms with van der Waals surface area (Å²) in [5.41, 5.74) is 0.328. The van der Waals surface area contributed by atoms with Crippen LogP contribution in [0.3, 0.4) is 0 Å². The van der Waals surface area contributed by atoms with Crippen LogP contribution >= 0.6 is 0 Å². The second-order valence-electron chi connectivity index (χ2n) is 3.14. The van der Waals surface area contributed by atoms with Crippen molar-refractivity contribution in [3.8, 4) is 16.9 Å². The summed E-state index contributed by atoms with van der Waals surface area (Å²) in [7, 11) is 1.46. The van der Waals surface area contributed by atoms with Crippen molar-refractivity contribution in [2.24, 2.45) is 0 Å². The van der Waals surface area contributed by atoms with Crippen molar-refractivity contribution in [1.29, 1.82) is 0 Å². The van der Waals surface area contributed by atoms with Crippen molar-refractivity contribution < 1.29 is 9.13 Å². The number of halogens is 1. The van der Waals surface area contributed by atoms with Gasteiger partial charge in [-0.25, -0.2) is 9.37 Å². The molecule has 0 aliphatic rings. The number of aromatic nitrogens is 2. The first-order chi connectivity index (χ1) is 7.72. The molecule has 0 radical (unpaired) electrons. The van der Waals surface area contributed by atoms with Crippen molar-refractivity contribution in [3.05, 3.63) is 46.9 Å². The van der Waals surface area contributed by atoms with Crippen LogP contribution in [0.5, 0.6) is 5.75 Å². The summed E-state index contributed by atoms with van der Waals surface area (Å²) in [4.78, 5) is 17.7. The van der Waals surface area contributed by atoms with E-state index >= 15 is 0 Å². The first-order valence-electron chi connectivity index (χ1n) is 4.59. The van der Waals surface area contributed by atoms with Crippen LogP contribution in [-0.2, 0) is 0 Å². The Kier molecular flexibility index (Phi) is 2.68. The minimum absolute atomic E-state index is 0.277. The molecule has 0 bridgehead atoms. The Bertz CT molecular complexity index is 566. The lowest BCUT2D eigenvalue weighted by molar-refractivity contribution is 0.415. The summed E-state index contributed by atoms with van der Waals surface area (Å²) in [6.07, 6.45) is 2.65. The van der Waals surface area contributed by atoms with Gasteiger partial charge in [0, 0.05) is 11.8 Å². The molecule has 0 atom stereocenters. The Morgan fingerprint density at radius 3 is 2.88 bits per heavy atom. The van der Waals surface area contributed by atoms with Crippen molar-refractivity contribution >= 4 is 0 Å². The van der Waals surface area contributed by atoms with Gasteiger partial charge in [-0.15, -0.1) is 0 Å². The summed E-state index contributed by atoms with van der Waals surface area (Å²) in [5.74, 6) is -0.000969. The summed E-state index contributed by atoms with van der Waals surface area (Å²) in [6.45, 7) is 0. The van der Waals surface area contributed by atoms with Crippen LogP contribution < -0.4 is 10.3 Å². The lowest BCUT2D eigenvalue weighted by Gasteiger charge is -2.07. The molecular weight excluding hydrogens is 211 g/mol. The van der Waals surface area contributed by atoms with Crippen LogP contribution in [0, 0.1) is 5.82 Å². The molecule has 0 saturated carbocycles. The Morgan fingerprint density at radius 1 is 1.38 bits per heavy atom. The number of rotatable bonds is 2. The van der Waals surface area contributed by atoms with E-state index in [1.54, 1.807) is 0 Å². The highest BCUT2D eigenvalue weighted by Gasteiger charge is 2.10. The SMILES string of the molecule is COc1ccc(F)cc1-c1cnc[nH]c1=O. The first kappa shape index (κ1) is 10.4. The maximum Gasteiger partial charge on any atom is 0.258 e. The summed E-state index contributed by atoms with van der Waals surface area (Å²) in [5, 5.41) is 0. The summed E-state index contributed by atoms with van der Waals surface area (Å²) in [6, 6.07) is 3.98. The fraction of sp³-hybridized carbons (Fsp3) is 0.0909. The third-order valence-electron chi connectivity index (χ3n) is 2.17. The molecule has 1 N–H and O–H groups in total. The van der Waals surface area contributed by atoms with Gasteiger partial charge in [0.15, 0.2) is 0 Å². The Balaban J connectivity index is 2.68. The standard InChI is InChI=1S/C11H9FN2O2/c1-16-10-3-2-7(12)4-8(10)9-5-13-6-14-11(9)15/h2-6H,1H3,(H,13,14,15). The zero-order chi connectivity index (χ0) is 11.5. The van der Waals surface area contributed by atoms with Gasteiger partial charge in [0.1, 0.15) is 11.6 Å². The van der Waals surface area contributed by atoms with Gasteiger partial charge < -0.3 is 9.72 Å². The molecule has 0 aliphatic heterocycles. The number of aromatic amines is 1. The van der Waals surface area contributed by atoms with Crippen molar-refractivity contribution in [1.82, 2.24) is 9.97 Å². The van der Waals surface area contributed by atoms with Gasteiger partial charge in [0.05, 0.1) is 19.0 Å². The van der Waals surface area contributed by atoms with Gasteiger partial charge in [0.25, 0.3) is 5.56 Å². The Morgan fingerprint density at radius 2 is 2.19 bits per heavy atom. The average Bonchev–Trinajstić information content (AvgIpc) is 2.29. The lowest BCUT2D eigenvalue weighted by atomic mass is 10.1. The van der Waals surface area contributed by atoms with E-state index in [0.717, 1.165) is 0 Å². The Labute approximate surface area is 90.7 Å². The van der Waals surface area contributed by atoms with E-state index < -0.39 is 5.82 Å². The zero-order valence-corrected chi connectivity index (χ0v) is 8.53. The van der Waals surface area contributed by atoms with E-state index in [2.05, 4.69) is 9.97 Å². The average molecular weight is 220 g/mol. The molecule has 0 aliphatic carbocycles. The van der Waals surface area contributed by atoms with Gasteiger partial charge in [0.2, 0.25) is 0 Å². The maximum atomic E-state index is 13.1. The van der Waals surface area contributed by atoms with Crippen LogP contribution in [0.4, 0.5) is 4.39 Å². The molecule has 0 spiro atoms. The van der Waals surface area contributed by atoms with Crippen LogP contribution in [0.25, 0.3) is 11.1 Å². The normalized spacial score (nSPS) is 10.1. The predicted molar refractivity (Wildman–Crippen MR) is 56.8 cm³/mol. The fourth-order valence-electron chi connectivity index (χ4n) is 1.43. The van der Waals surface area contributed by atoms with Crippen LogP contribution in [0.2, 0.25) is 0 Å². The molecule has 0 saturated heterocycles. The molecule has 1 aromatic heterocycles. The van der Waals surface area contributed by atoms with Gasteiger partial charge in [-0.2, -0.15) is 0 Å². The van der Waals surface area contributed by atoms with Crippen LogP contribution in [0.15, 0.2) is 35.5 Å². The number of nitrogens with zero attached hydrogens (tertiary/aromatic N) is 1. The fourth-order valence-corrected chi connectivity index (χ4v) is 1.43. The second-order valence-corrected chi connectivity index (χ2v) is 3.14. The largest absolute Gasteiger partial charge is 0.496 e. The highest BCUT2D eigenvalue weighted by Crippen LogP contribution is 2.27. The van der Waals surface area contributed by atoms with E-state index in [1.807, 2.05) is 0 Å². The first-order valence-corrected chi connectivity index (χ1v) is 4.59. The molecule has 0 fully saturated rings. The number of ether oxygens (including phenoxy) is 1. The highest BCUT2D eigenvalue weighted by atomic mass is 19.1. The number of methoxy groups -OCH3 is 1. The van der Waals surface area contributed by atoms with Gasteiger partial charge in [-0.1, -0.05) is 0 Å². The summed E-state index contributed by atoms with van der Waals surface area (Å²) < 4.78 is 18.2. The molecule has 5 heteroatoms. The van der Waals surface area contributed by atoms with E-state index in [-0.39, 0.29) is 11.1 Å². The molecule has 1 heterocycles. The number of hydrogen-bond donors (Lipinski definition) is 1. The molecule has 82 valence electrons. The van der Waals surface area contributed by atoms with Crippen molar-refractivity contribution in [2.45, 2.75) is 0 Å². The number of hydrogen-bond acceptors (Lipinski definition) is 3. The Hall–Kier alpha value is -2.17. The molecule has 0 unspecified atom stereocenters. The molecule has 2 aromatic rings. The third kappa shape index (κ3) is 1.79.